The van der Waals surface area contributed by atoms with Crippen LogP contribution in [0.3, 0.4) is 0 Å². The SMILES string of the molecule is CC(C)Cc1c(F)cccc1Br. The van der Waals surface area contributed by atoms with Gasteiger partial charge < -0.3 is 0 Å². The van der Waals surface area contributed by atoms with Crippen molar-refractivity contribution in [2.75, 3.05) is 0 Å². The first-order valence-electron chi connectivity index (χ1n) is 4.04. The zero-order valence-electron chi connectivity index (χ0n) is 7.27. The third-order valence-electron chi connectivity index (χ3n) is 1.67. The molecule has 0 spiro atoms. The molecule has 0 radical (unpaired) electrons. The Kier molecular flexibility index (Phi) is 3.27. The van der Waals surface area contributed by atoms with Gasteiger partial charge in [-0.1, -0.05) is 35.8 Å². The Balaban J connectivity index is 2.96. The van der Waals surface area contributed by atoms with Gasteiger partial charge in [0.05, 0.1) is 0 Å². The molecule has 0 amide bonds. The van der Waals surface area contributed by atoms with Crippen molar-refractivity contribution in [2.24, 2.45) is 5.92 Å². The highest BCUT2D eigenvalue weighted by atomic mass is 79.9. The minimum absolute atomic E-state index is 0.113. The standard InChI is InChI=1S/C10H12BrF/c1-7(2)6-8-9(11)4-3-5-10(8)12/h3-5,7H,6H2,1-2H3. The zero-order valence-corrected chi connectivity index (χ0v) is 8.86. The monoisotopic (exact) mass is 230 g/mol. The summed E-state index contributed by atoms with van der Waals surface area (Å²) in [5.41, 5.74) is 0.785. The van der Waals surface area contributed by atoms with Crippen molar-refractivity contribution in [3.05, 3.63) is 34.1 Å². The molecule has 0 nitrogen and oxygen atoms in total. The first-order chi connectivity index (χ1) is 5.61. The highest BCUT2D eigenvalue weighted by Gasteiger charge is 2.07. The van der Waals surface area contributed by atoms with E-state index in [0.717, 1.165) is 16.5 Å². The maximum absolute atomic E-state index is 13.2. The van der Waals surface area contributed by atoms with Crippen LogP contribution in [0.15, 0.2) is 22.7 Å². The molecule has 0 aliphatic rings. The van der Waals surface area contributed by atoms with E-state index in [0.29, 0.717) is 5.92 Å². The van der Waals surface area contributed by atoms with E-state index < -0.39 is 0 Å². The topological polar surface area (TPSA) is 0 Å². The highest BCUT2D eigenvalue weighted by Crippen LogP contribution is 2.22. The molecule has 0 fully saturated rings. The Hall–Kier alpha value is -0.370. The third kappa shape index (κ3) is 2.31. The van der Waals surface area contributed by atoms with E-state index in [2.05, 4.69) is 29.8 Å². The van der Waals surface area contributed by atoms with Crippen LogP contribution >= 0.6 is 15.9 Å². The van der Waals surface area contributed by atoms with Gasteiger partial charge in [0.15, 0.2) is 0 Å². The summed E-state index contributed by atoms with van der Waals surface area (Å²) in [5, 5.41) is 0. The maximum atomic E-state index is 13.2. The van der Waals surface area contributed by atoms with Crippen molar-refractivity contribution in [1.29, 1.82) is 0 Å². The van der Waals surface area contributed by atoms with Crippen LogP contribution in [0.2, 0.25) is 0 Å². The molecule has 0 aromatic heterocycles. The van der Waals surface area contributed by atoms with Crippen LogP contribution in [-0.2, 0) is 6.42 Å². The van der Waals surface area contributed by atoms with Gasteiger partial charge in [0, 0.05) is 10.0 Å². The Labute approximate surface area is 80.9 Å². The lowest BCUT2D eigenvalue weighted by Gasteiger charge is -2.07. The molecular weight excluding hydrogens is 219 g/mol. The normalized spacial score (nSPS) is 10.8. The summed E-state index contributed by atoms with van der Waals surface area (Å²) in [6, 6.07) is 5.09. The lowest BCUT2D eigenvalue weighted by atomic mass is 10.0. The summed E-state index contributed by atoms with van der Waals surface area (Å²) in [7, 11) is 0. The fraction of sp³-hybridized carbons (Fsp3) is 0.400. The fourth-order valence-corrected chi connectivity index (χ4v) is 1.64. The van der Waals surface area contributed by atoms with Gasteiger partial charge in [-0.15, -0.1) is 0 Å². The second-order valence-corrected chi connectivity index (χ2v) is 4.15. The van der Waals surface area contributed by atoms with Crippen LogP contribution in [0.1, 0.15) is 19.4 Å². The van der Waals surface area contributed by atoms with E-state index in [-0.39, 0.29) is 5.82 Å². The predicted octanol–water partition coefficient (Wildman–Crippen LogP) is 3.79. The van der Waals surface area contributed by atoms with Crippen molar-refractivity contribution in [2.45, 2.75) is 20.3 Å². The average molecular weight is 231 g/mol. The van der Waals surface area contributed by atoms with E-state index in [4.69, 9.17) is 0 Å². The van der Waals surface area contributed by atoms with Gasteiger partial charge in [0.1, 0.15) is 5.82 Å². The zero-order chi connectivity index (χ0) is 9.14. The van der Waals surface area contributed by atoms with E-state index in [9.17, 15) is 4.39 Å². The maximum Gasteiger partial charge on any atom is 0.127 e. The minimum Gasteiger partial charge on any atom is -0.207 e. The molecule has 1 rings (SSSR count). The fourth-order valence-electron chi connectivity index (χ4n) is 1.14. The highest BCUT2D eigenvalue weighted by molar-refractivity contribution is 9.10. The molecule has 0 saturated heterocycles. The van der Waals surface area contributed by atoms with Gasteiger partial charge in [0.25, 0.3) is 0 Å². The first-order valence-corrected chi connectivity index (χ1v) is 4.83. The van der Waals surface area contributed by atoms with Crippen molar-refractivity contribution in [3.8, 4) is 0 Å². The molecule has 0 heterocycles. The van der Waals surface area contributed by atoms with Crippen LogP contribution in [0.25, 0.3) is 0 Å². The van der Waals surface area contributed by atoms with Crippen LogP contribution in [0.4, 0.5) is 4.39 Å². The number of benzene rings is 1. The molecule has 12 heavy (non-hydrogen) atoms. The number of hydrogen-bond acceptors (Lipinski definition) is 0. The summed E-state index contributed by atoms with van der Waals surface area (Å²) < 4.78 is 14.1. The molecule has 66 valence electrons. The molecule has 0 N–H and O–H groups in total. The summed E-state index contributed by atoms with van der Waals surface area (Å²) in [6.07, 6.45) is 0.785. The molecule has 0 saturated carbocycles. The summed E-state index contributed by atoms with van der Waals surface area (Å²) >= 11 is 3.34. The van der Waals surface area contributed by atoms with Gasteiger partial charge in [-0.05, 0) is 24.5 Å². The van der Waals surface area contributed by atoms with Gasteiger partial charge in [-0.25, -0.2) is 4.39 Å². The average Bonchev–Trinajstić information content (AvgIpc) is 1.97. The van der Waals surface area contributed by atoms with Gasteiger partial charge in [0.2, 0.25) is 0 Å². The van der Waals surface area contributed by atoms with Crippen LogP contribution in [0.5, 0.6) is 0 Å². The Morgan fingerprint density at radius 2 is 2.08 bits per heavy atom. The Morgan fingerprint density at radius 3 is 2.58 bits per heavy atom. The second-order valence-electron chi connectivity index (χ2n) is 3.30. The van der Waals surface area contributed by atoms with Gasteiger partial charge >= 0.3 is 0 Å². The van der Waals surface area contributed by atoms with E-state index in [1.54, 1.807) is 6.07 Å². The van der Waals surface area contributed by atoms with Crippen molar-refractivity contribution in [1.82, 2.24) is 0 Å². The van der Waals surface area contributed by atoms with Gasteiger partial charge in [-0.3, -0.25) is 0 Å². The van der Waals surface area contributed by atoms with Crippen molar-refractivity contribution >= 4 is 15.9 Å². The molecule has 0 atom stereocenters. The first kappa shape index (κ1) is 9.72. The van der Waals surface area contributed by atoms with E-state index in [1.807, 2.05) is 6.07 Å². The molecule has 1 aromatic carbocycles. The minimum atomic E-state index is -0.113. The summed E-state index contributed by atoms with van der Waals surface area (Å²) in [5.74, 6) is 0.372. The lowest BCUT2D eigenvalue weighted by Crippen LogP contribution is -1.98. The summed E-state index contributed by atoms with van der Waals surface area (Å²) in [4.78, 5) is 0. The van der Waals surface area contributed by atoms with E-state index >= 15 is 0 Å². The lowest BCUT2D eigenvalue weighted by molar-refractivity contribution is 0.572. The molecule has 0 aliphatic carbocycles. The Morgan fingerprint density at radius 1 is 1.42 bits per heavy atom. The molecule has 0 aliphatic heterocycles. The van der Waals surface area contributed by atoms with Gasteiger partial charge in [-0.2, -0.15) is 0 Å². The molecular formula is C10H12BrF. The van der Waals surface area contributed by atoms with Crippen LogP contribution < -0.4 is 0 Å². The van der Waals surface area contributed by atoms with Crippen LogP contribution in [0, 0.1) is 11.7 Å². The molecule has 1 aromatic rings. The van der Waals surface area contributed by atoms with Crippen molar-refractivity contribution < 1.29 is 4.39 Å². The number of rotatable bonds is 2. The Bertz CT molecular complexity index is 248. The molecule has 2 heteroatoms. The predicted molar refractivity (Wildman–Crippen MR) is 52.6 cm³/mol. The quantitative estimate of drug-likeness (QED) is 0.726. The number of hydrogen-bond donors (Lipinski definition) is 0. The molecule has 0 unspecified atom stereocenters. The largest absolute Gasteiger partial charge is 0.207 e. The molecule has 0 bridgehead atoms. The second kappa shape index (κ2) is 4.04. The smallest absolute Gasteiger partial charge is 0.127 e. The summed E-state index contributed by atoms with van der Waals surface area (Å²) in [6.45, 7) is 4.16. The van der Waals surface area contributed by atoms with E-state index in [1.165, 1.54) is 6.07 Å². The third-order valence-corrected chi connectivity index (χ3v) is 2.42. The van der Waals surface area contributed by atoms with Crippen LogP contribution in [-0.4, -0.2) is 0 Å². The number of halogens is 2. The van der Waals surface area contributed by atoms with Crippen molar-refractivity contribution in [3.63, 3.8) is 0 Å².